The number of aryl methyl sites for hydroxylation is 1. The number of nitrogens with zero attached hydrogens (tertiary/aromatic N) is 3. The minimum Gasteiger partial charge on any atom is -0.363 e. The van der Waals surface area contributed by atoms with Crippen LogP contribution in [-0.4, -0.2) is 43.1 Å². The number of halogens is 1. The average Bonchev–Trinajstić information content (AvgIpc) is 3.40. The average molecular weight is 357 g/mol. The molecule has 1 saturated carbocycles. The Kier molecular flexibility index (Phi) is 5.06. The highest BCUT2D eigenvalue weighted by atomic mass is 19.1. The van der Waals surface area contributed by atoms with Crippen molar-refractivity contribution >= 4 is 17.7 Å². The summed E-state index contributed by atoms with van der Waals surface area (Å²) in [6.07, 6.45) is 1.59. The van der Waals surface area contributed by atoms with E-state index in [4.69, 9.17) is 0 Å². The number of carbonyl (C=O) groups is 1. The smallest absolute Gasteiger partial charge is 0.230 e. The van der Waals surface area contributed by atoms with E-state index >= 15 is 0 Å². The molecule has 0 bridgehead atoms. The Morgan fingerprint density at radius 1 is 1.19 bits per heavy atom. The van der Waals surface area contributed by atoms with Crippen LogP contribution in [0.15, 0.2) is 30.3 Å². The standard InChI is InChI=1S/C19H24FN5O/c1-13-12-16(25(2)3)24-18(23-13)22-11-10-21-17(26)19(8-9-19)14-4-6-15(20)7-5-14/h4-7,12H,8-11H2,1-3H3,(H,21,26)(H,22,23,24). The molecular formula is C19H24FN5O. The zero-order chi connectivity index (χ0) is 18.7. The second-order valence-electron chi connectivity index (χ2n) is 6.86. The van der Waals surface area contributed by atoms with Gasteiger partial charge in [0.1, 0.15) is 11.6 Å². The van der Waals surface area contributed by atoms with Crippen LogP contribution in [0.2, 0.25) is 0 Å². The number of anilines is 2. The van der Waals surface area contributed by atoms with Gasteiger partial charge >= 0.3 is 0 Å². The third kappa shape index (κ3) is 3.92. The van der Waals surface area contributed by atoms with Crippen LogP contribution in [0, 0.1) is 12.7 Å². The lowest BCUT2D eigenvalue weighted by Crippen LogP contribution is -2.37. The summed E-state index contributed by atoms with van der Waals surface area (Å²) in [4.78, 5) is 23.2. The molecule has 3 rings (SSSR count). The van der Waals surface area contributed by atoms with E-state index in [-0.39, 0.29) is 11.7 Å². The van der Waals surface area contributed by atoms with Crippen molar-refractivity contribution in [3.8, 4) is 0 Å². The van der Waals surface area contributed by atoms with Gasteiger partial charge in [-0.1, -0.05) is 12.1 Å². The van der Waals surface area contributed by atoms with Gasteiger partial charge in [0.2, 0.25) is 11.9 Å². The maximum absolute atomic E-state index is 13.1. The van der Waals surface area contributed by atoms with Crippen molar-refractivity contribution in [1.82, 2.24) is 15.3 Å². The molecule has 6 nitrogen and oxygen atoms in total. The highest BCUT2D eigenvalue weighted by Crippen LogP contribution is 2.48. The molecule has 1 amide bonds. The fraction of sp³-hybridized carbons (Fsp3) is 0.421. The summed E-state index contributed by atoms with van der Waals surface area (Å²) in [6.45, 7) is 2.92. The van der Waals surface area contributed by atoms with Crippen molar-refractivity contribution in [2.75, 3.05) is 37.4 Å². The van der Waals surface area contributed by atoms with E-state index in [0.717, 1.165) is 29.9 Å². The van der Waals surface area contributed by atoms with E-state index in [1.165, 1.54) is 12.1 Å². The Bertz CT molecular complexity index is 787. The van der Waals surface area contributed by atoms with Crippen molar-refractivity contribution in [3.63, 3.8) is 0 Å². The SMILES string of the molecule is Cc1cc(N(C)C)nc(NCCNC(=O)C2(c3ccc(F)cc3)CC2)n1. The lowest BCUT2D eigenvalue weighted by Gasteiger charge is -2.16. The van der Waals surface area contributed by atoms with Crippen LogP contribution in [0.5, 0.6) is 0 Å². The number of benzene rings is 1. The quantitative estimate of drug-likeness (QED) is 0.744. The minimum absolute atomic E-state index is 0.00921. The third-order valence-electron chi connectivity index (χ3n) is 4.57. The molecule has 138 valence electrons. The Hall–Kier alpha value is -2.70. The lowest BCUT2D eigenvalue weighted by molar-refractivity contribution is -0.123. The molecule has 2 aromatic rings. The normalized spacial score (nSPS) is 14.6. The number of amides is 1. The summed E-state index contributed by atoms with van der Waals surface area (Å²) in [5.41, 5.74) is 1.26. The second kappa shape index (κ2) is 7.27. The Balaban J connectivity index is 1.52. The first-order chi connectivity index (χ1) is 12.4. The molecule has 1 aliphatic rings. The van der Waals surface area contributed by atoms with Gasteiger partial charge in [-0.3, -0.25) is 4.79 Å². The van der Waals surface area contributed by atoms with Crippen LogP contribution in [0.4, 0.5) is 16.2 Å². The third-order valence-corrected chi connectivity index (χ3v) is 4.57. The largest absolute Gasteiger partial charge is 0.363 e. The van der Waals surface area contributed by atoms with Crippen LogP contribution in [0.1, 0.15) is 24.1 Å². The van der Waals surface area contributed by atoms with E-state index < -0.39 is 5.41 Å². The van der Waals surface area contributed by atoms with Gasteiger partial charge in [-0.15, -0.1) is 0 Å². The highest BCUT2D eigenvalue weighted by Gasteiger charge is 2.50. The zero-order valence-electron chi connectivity index (χ0n) is 15.3. The van der Waals surface area contributed by atoms with Gasteiger partial charge in [0.05, 0.1) is 5.41 Å². The molecule has 1 aromatic heterocycles. The number of aromatic nitrogens is 2. The van der Waals surface area contributed by atoms with E-state index in [2.05, 4.69) is 20.6 Å². The molecule has 0 saturated heterocycles. The van der Waals surface area contributed by atoms with Gasteiger partial charge in [-0.2, -0.15) is 4.98 Å². The van der Waals surface area contributed by atoms with E-state index in [1.807, 2.05) is 32.0 Å². The first-order valence-electron chi connectivity index (χ1n) is 8.72. The monoisotopic (exact) mass is 357 g/mol. The maximum atomic E-state index is 13.1. The van der Waals surface area contributed by atoms with Crippen LogP contribution in [-0.2, 0) is 10.2 Å². The summed E-state index contributed by atoms with van der Waals surface area (Å²) in [7, 11) is 3.85. The number of nitrogens with one attached hydrogen (secondary N) is 2. The van der Waals surface area contributed by atoms with Crippen molar-refractivity contribution in [1.29, 1.82) is 0 Å². The second-order valence-corrected chi connectivity index (χ2v) is 6.86. The predicted molar refractivity (Wildman–Crippen MR) is 99.9 cm³/mol. The summed E-state index contributed by atoms with van der Waals surface area (Å²) < 4.78 is 13.1. The molecule has 0 unspecified atom stereocenters. The topological polar surface area (TPSA) is 70.2 Å². The first-order valence-corrected chi connectivity index (χ1v) is 8.72. The molecule has 1 heterocycles. The molecule has 1 aromatic carbocycles. The van der Waals surface area contributed by atoms with Gasteiger partial charge in [0.25, 0.3) is 0 Å². The molecule has 1 fully saturated rings. The molecule has 0 atom stereocenters. The lowest BCUT2D eigenvalue weighted by atomic mass is 9.95. The Morgan fingerprint density at radius 2 is 1.88 bits per heavy atom. The molecule has 0 aliphatic heterocycles. The number of carbonyl (C=O) groups excluding carboxylic acids is 1. The summed E-state index contributed by atoms with van der Waals surface area (Å²) in [5.74, 6) is 1.08. The zero-order valence-corrected chi connectivity index (χ0v) is 15.3. The van der Waals surface area contributed by atoms with E-state index in [9.17, 15) is 9.18 Å². The van der Waals surface area contributed by atoms with Crippen molar-refractivity contribution in [2.45, 2.75) is 25.2 Å². The molecule has 26 heavy (non-hydrogen) atoms. The van der Waals surface area contributed by atoms with Crippen molar-refractivity contribution < 1.29 is 9.18 Å². The van der Waals surface area contributed by atoms with Crippen LogP contribution < -0.4 is 15.5 Å². The minimum atomic E-state index is -0.494. The molecule has 7 heteroatoms. The van der Waals surface area contributed by atoms with Crippen LogP contribution >= 0.6 is 0 Å². The van der Waals surface area contributed by atoms with Gasteiger partial charge < -0.3 is 15.5 Å². The Morgan fingerprint density at radius 3 is 2.50 bits per heavy atom. The molecular weight excluding hydrogens is 333 g/mol. The fourth-order valence-corrected chi connectivity index (χ4v) is 2.92. The van der Waals surface area contributed by atoms with Crippen molar-refractivity contribution in [3.05, 3.63) is 47.4 Å². The van der Waals surface area contributed by atoms with E-state index in [1.54, 1.807) is 12.1 Å². The Labute approximate surface area is 152 Å². The number of hydrogen-bond donors (Lipinski definition) is 2. The number of rotatable bonds is 7. The van der Waals surface area contributed by atoms with E-state index in [0.29, 0.717) is 19.0 Å². The highest BCUT2D eigenvalue weighted by molar-refractivity contribution is 5.91. The number of hydrogen-bond acceptors (Lipinski definition) is 5. The fourth-order valence-electron chi connectivity index (χ4n) is 2.92. The molecule has 2 N–H and O–H groups in total. The predicted octanol–water partition coefficient (Wildman–Crippen LogP) is 2.25. The van der Waals surface area contributed by atoms with Crippen molar-refractivity contribution in [2.24, 2.45) is 0 Å². The summed E-state index contributed by atoms with van der Waals surface area (Å²) >= 11 is 0. The van der Waals surface area contributed by atoms with Gasteiger partial charge in [-0.25, -0.2) is 9.37 Å². The molecule has 0 spiro atoms. The summed E-state index contributed by atoms with van der Waals surface area (Å²) in [6, 6.07) is 8.11. The van der Waals surface area contributed by atoms with Crippen LogP contribution in [0.25, 0.3) is 0 Å². The molecule has 0 radical (unpaired) electrons. The van der Waals surface area contributed by atoms with Gasteiger partial charge in [0, 0.05) is 38.9 Å². The maximum Gasteiger partial charge on any atom is 0.230 e. The van der Waals surface area contributed by atoms with Gasteiger partial charge in [-0.05, 0) is 37.5 Å². The molecule has 1 aliphatic carbocycles. The van der Waals surface area contributed by atoms with Gasteiger partial charge in [0.15, 0.2) is 0 Å². The first kappa shape index (κ1) is 18.1. The summed E-state index contributed by atoms with van der Waals surface area (Å²) in [5, 5.41) is 6.10. The van der Waals surface area contributed by atoms with Crippen LogP contribution in [0.3, 0.4) is 0 Å².